The van der Waals surface area contributed by atoms with Crippen LogP contribution < -0.4 is 10.1 Å². The standard InChI is InChI=1S/C15H17F2NO5/c16-14(17)23-11-3-1-10(2-4-11)15(5-7-22-8-6-15)18-12(19)9-13(20)21/h1-4,14H,5-9H2,(H,18,19)(H,20,21). The number of carboxylic acids is 1. The van der Waals surface area contributed by atoms with E-state index < -0.39 is 30.4 Å². The maximum absolute atomic E-state index is 12.2. The highest BCUT2D eigenvalue weighted by molar-refractivity contribution is 5.93. The van der Waals surface area contributed by atoms with Gasteiger partial charge in [0.25, 0.3) is 0 Å². The molecule has 1 heterocycles. The van der Waals surface area contributed by atoms with Gasteiger partial charge in [0.15, 0.2) is 0 Å². The van der Waals surface area contributed by atoms with Crippen LogP contribution >= 0.6 is 0 Å². The molecule has 1 fully saturated rings. The predicted octanol–water partition coefficient (Wildman–Crippen LogP) is 1.88. The lowest BCUT2D eigenvalue weighted by atomic mass is 9.82. The molecule has 1 aliphatic heterocycles. The molecule has 0 atom stereocenters. The van der Waals surface area contributed by atoms with Gasteiger partial charge in [-0.25, -0.2) is 0 Å². The van der Waals surface area contributed by atoms with Crippen LogP contribution in [0.1, 0.15) is 24.8 Å². The molecule has 2 N–H and O–H groups in total. The number of ether oxygens (including phenoxy) is 2. The van der Waals surface area contributed by atoms with Crippen LogP contribution in [0.3, 0.4) is 0 Å². The summed E-state index contributed by atoms with van der Waals surface area (Å²) < 4.78 is 34.0. The number of rotatable bonds is 6. The highest BCUT2D eigenvalue weighted by atomic mass is 19.3. The van der Waals surface area contributed by atoms with Crippen LogP contribution in [0.4, 0.5) is 8.78 Å². The van der Waals surface area contributed by atoms with Crippen molar-refractivity contribution in [2.45, 2.75) is 31.4 Å². The summed E-state index contributed by atoms with van der Waals surface area (Å²) in [5.74, 6) is -1.81. The zero-order chi connectivity index (χ0) is 16.9. The number of benzene rings is 1. The second kappa shape index (κ2) is 7.36. The van der Waals surface area contributed by atoms with Crippen molar-refractivity contribution in [1.82, 2.24) is 5.32 Å². The summed E-state index contributed by atoms with van der Waals surface area (Å²) in [6, 6.07) is 5.96. The Morgan fingerprint density at radius 2 is 1.87 bits per heavy atom. The predicted molar refractivity (Wildman–Crippen MR) is 75.2 cm³/mol. The molecule has 126 valence electrons. The van der Waals surface area contributed by atoms with Crippen molar-refractivity contribution in [3.63, 3.8) is 0 Å². The number of carbonyl (C=O) groups excluding carboxylic acids is 1. The highest BCUT2D eigenvalue weighted by Gasteiger charge is 2.36. The fraction of sp³-hybridized carbons (Fsp3) is 0.467. The lowest BCUT2D eigenvalue weighted by Crippen LogP contribution is -2.49. The molecule has 6 nitrogen and oxygen atoms in total. The Kier molecular flexibility index (Phi) is 5.49. The SMILES string of the molecule is O=C(O)CC(=O)NC1(c2ccc(OC(F)F)cc2)CCOCC1. The Labute approximate surface area is 131 Å². The first-order valence-corrected chi connectivity index (χ1v) is 7.07. The smallest absolute Gasteiger partial charge is 0.387 e. The first-order valence-electron chi connectivity index (χ1n) is 7.07. The summed E-state index contributed by atoms with van der Waals surface area (Å²) >= 11 is 0. The zero-order valence-corrected chi connectivity index (χ0v) is 12.3. The third-order valence-electron chi connectivity index (χ3n) is 3.67. The van der Waals surface area contributed by atoms with Gasteiger partial charge in [-0.05, 0) is 30.5 Å². The summed E-state index contributed by atoms with van der Waals surface area (Å²) in [6.07, 6.45) is 0.302. The summed E-state index contributed by atoms with van der Waals surface area (Å²) in [7, 11) is 0. The van der Waals surface area contributed by atoms with E-state index in [2.05, 4.69) is 10.1 Å². The minimum Gasteiger partial charge on any atom is -0.481 e. The van der Waals surface area contributed by atoms with Gasteiger partial charge >= 0.3 is 12.6 Å². The highest BCUT2D eigenvalue weighted by Crippen LogP contribution is 2.33. The molecule has 1 aromatic rings. The number of carbonyl (C=O) groups is 2. The molecule has 23 heavy (non-hydrogen) atoms. The average Bonchev–Trinajstić information content (AvgIpc) is 2.47. The fourth-order valence-corrected chi connectivity index (χ4v) is 2.61. The van der Waals surface area contributed by atoms with Crippen LogP contribution in [0, 0.1) is 0 Å². The van der Waals surface area contributed by atoms with Crippen molar-refractivity contribution < 1.29 is 33.0 Å². The van der Waals surface area contributed by atoms with Crippen molar-refractivity contribution in [3.05, 3.63) is 29.8 Å². The van der Waals surface area contributed by atoms with Crippen molar-refractivity contribution in [2.24, 2.45) is 0 Å². The first-order chi connectivity index (χ1) is 10.9. The number of amides is 1. The molecule has 2 rings (SSSR count). The van der Waals surface area contributed by atoms with Gasteiger partial charge in [0.2, 0.25) is 5.91 Å². The number of nitrogens with one attached hydrogen (secondary N) is 1. The largest absolute Gasteiger partial charge is 0.481 e. The molecule has 8 heteroatoms. The molecular formula is C15H17F2NO5. The second-order valence-electron chi connectivity index (χ2n) is 5.22. The Bertz CT molecular complexity index is 555. The van der Waals surface area contributed by atoms with Gasteiger partial charge in [-0.2, -0.15) is 8.78 Å². The van der Waals surface area contributed by atoms with E-state index in [1.165, 1.54) is 12.1 Å². The van der Waals surface area contributed by atoms with E-state index in [0.29, 0.717) is 31.6 Å². The summed E-state index contributed by atoms with van der Waals surface area (Å²) in [4.78, 5) is 22.5. The molecule has 0 spiro atoms. The average molecular weight is 329 g/mol. The van der Waals surface area contributed by atoms with Gasteiger partial charge in [0.1, 0.15) is 12.2 Å². The van der Waals surface area contributed by atoms with E-state index in [-0.39, 0.29) is 5.75 Å². The quantitative estimate of drug-likeness (QED) is 0.779. The van der Waals surface area contributed by atoms with E-state index in [1.807, 2.05) is 0 Å². The number of hydrogen-bond acceptors (Lipinski definition) is 4. The maximum atomic E-state index is 12.2. The molecule has 0 bridgehead atoms. The monoisotopic (exact) mass is 329 g/mol. The van der Waals surface area contributed by atoms with Crippen LogP contribution in [-0.4, -0.2) is 36.8 Å². The molecule has 0 aromatic heterocycles. The summed E-state index contributed by atoms with van der Waals surface area (Å²) in [6.45, 7) is -2.10. The molecule has 1 aromatic carbocycles. The number of carboxylic acid groups (broad SMARTS) is 1. The Morgan fingerprint density at radius 3 is 2.39 bits per heavy atom. The van der Waals surface area contributed by atoms with E-state index in [9.17, 15) is 18.4 Å². The van der Waals surface area contributed by atoms with E-state index in [0.717, 1.165) is 0 Å². The zero-order valence-electron chi connectivity index (χ0n) is 12.3. The van der Waals surface area contributed by atoms with Crippen LogP contribution in [-0.2, 0) is 19.9 Å². The third-order valence-corrected chi connectivity index (χ3v) is 3.67. The Hall–Kier alpha value is -2.22. The Morgan fingerprint density at radius 1 is 1.26 bits per heavy atom. The van der Waals surface area contributed by atoms with Crippen LogP contribution in [0.2, 0.25) is 0 Å². The molecule has 0 saturated carbocycles. The first kappa shape index (κ1) is 17.1. The van der Waals surface area contributed by atoms with Crippen LogP contribution in [0.25, 0.3) is 0 Å². The topological polar surface area (TPSA) is 84.9 Å². The minimum atomic E-state index is -2.91. The summed E-state index contributed by atoms with van der Waals surface area (Å²) in [5, 5.41) is 11.5. The van der Waals surface area contributed by atoms with Gasteiger partial charge in [-0.3, -0.25) is 9.59 Å². The van der Waals surface area contributed by atoms with Gasteiger partial charge in [-0.1, -0.05) is 12.1 Å². The molecule has 0 aliphatic carbocycles. The molecule has 0 radical (unpaired) electrons. The van der Waals surface area contributed by atoms with E-state index in [1.54, 1.807) is 12.1 Å². The third kappa shape index (κ3) is 4.62. The molecular weight excluding hydrogens is 312 g/mol. The Balaban J connectivity index is 2.20. The molecule has 1 aliphatic rings. The van der Waals surface area contributed by atoms with E-state index >= 15 is 0 Å². The van der Waals surface area contributed by atoms with Crippen LogP contribution in [0.5, 0.6) is 5.75 Å². The fourth-order valence-electron chi connectivity index (χ4n) is 2.61. The minimum absolute atomic E-state index is 0.0165. The normalized spacial score (nSPS) is 16.8. The number of alkyl halides is 2. The molecule has 1 amide bonds. The van der Waals surface area contributed by atoms with Gasteiger partial charge in [-0.15, -0.1) is 0 Å². The van der Waals surface area contributed by atoms with Crippen LogP contribution in [0.15, 0.2) is 24.3 Å². The van der Waals surface area contributed by atoms with Crippen molar-refractivity contribution >= 4 is 11.9 Å². The second-order valence-corrected chi connectivity index (χ2v) is 5.22. The molecule has 1 saturated heterocycles. The van der Waals surface area contributed by atoms with Gasteiger partial charge in [0, 0.05) is 13.2 Å². The lowest BCUT2D eigenvalue weighted by molar-refractivity contribution is -0.141. The van der Waals surface area contributed by atoms with Gasteiger partial charge < -0.3 is 19.9 Å². The number of halogens is 2. The number of hydrogen-bond donors (Lipinski definition) is 2. The van der Waals surface area contributed by atoms with Gasteiger partial charge in [0.05, 0.1) is 5.54 Å². The molecule has 0 unspecified atom stereocenters. The van der Waals surface area contributed by atoms with Crippen molar-refractivity contribution in [1.29, 1.82) is 0 Å². The maximum Gasteiger partial charge on any atom is 0.387 e. The number of aliphatic carboxylic acids is 1. The lowest BCUT2D eigenvalue weighted by Gasteiger charge is -2.38. The van der Waals surface area contributed by atoms with E-state index in [4.69, 9.17) is 9.84 Å². The van der Waals surface area contributed by atoms with Crippen molar-refractivity contribution in [2.75, 3.05) is 13.2 Å². The van der Waals surface area contributed by atoms with Crippen molar-refractivity contribution in [3.8, 4) is 5.75 Å². The summed E-state index contributed by atoms with van der Waals surface area (Å²) in [5.41, 5.74) is -0.0742.